The van der Waals surface area contributed by atoms with Gasteiger partial charge in [-0.1, -0.05) is 36.0 Å². The molecule has 1 atom stereocenters. The van der Waals surface area contributed by atoms with Gasteiger partial charge in [0.15, 0.2) is 0 Å². The van der Waals surface area contributed by atoms with E-state index >= 15 is 0 Å². The van der Waals surface area contributed by atoms with E-state index in [1.54, 1.807) is 13.2 Å². The molecule has 1 saturated heterocycles. The zero-order valence-electron chi connectivity index (χ0n) is 18.4. The number of carboxylic acids is 1. The smallest absolute Gasteiger partial charge is 0.320 e. The van der Waals surface area contributed by atoms with E-state index in [-0.39, 0.29) is 5.82 Å². The summed E-state index contributed by atoms with van der Waals surface area (Å²) >= 11 is 1.44. The fourth-order valence-corrected chi connectivity index (χ4v) is 4.96. The van der Waals surface area contributed by atoms with Crippen molar-refractivity contribution in [1.82, 2.24) is 4.90 Å². The molecule has 5 nitrogen and oxygen atoms in total. The molecular formula is C26H26FNO4S. The number of rotatable bonds is 9. The maximum absolute atomic E-state index is 13.8. The van der Waals surface area contributed by atoms with Crippen molar-refractivity contribution < 1.29 is 23.8 Å². The van der Waals surface area contributed by atoms with E-state index in [9.17, 15) is 14.3 Å². The van der Waals surface area contributed by atoms with Crippen molar-refractivity contribution in [1.29, 1.82) is 0 Å². The molecule has 4 rings (SSSR count). The Bertz CT molecular complexity index is 1110. The third-order valence-electron chi connectivity index (χ3n) is 5.68. The molecule has 0 aliphatic carbocycles. The molecule has 0 bridgehead atoms. The number of hydrogen-bond donors (Lipinski definition) is 1. The number of carbonyl (C=O) groups is 1. The minimum absolute atomic E-state index is 0.289. The second kappa shape index (κ2) is 10.7. The summed E-state index contributed by atoms with van der Waals surface area (Å²) in [5.74, 6) is 0.406. The Labute approximate surface area is 197 Å². The van der Waals surface area contributed by atoms with Crippen LogP contribution in [0.1, 0.15) is 12.8 Å². The monoisotopic (exact) mass is 467 g/mol. The van der Waals surface area contributed by atoms with Gasteiger partial charge in [0.05, 0.1) is 12.0 Å². The van der Waals surface area contributed by atoms with E-state index in [0.29, 0.717) is 25.3 Å². The minimum Gasteiger partial charge on any atom is -0.497 e. The average molecular weight is 468 g/mol. The Morgan fingerprint density at radius 1 is 1.12 bits per heavy atom. The van der Waals surface area contributed by atoms with Crippen molar-refractivity contribution in [2.75, 3.05) is 26.8 Å². The molecular weight excluding hydrogens is 441 g/mol. The summed E-state index contributed by atoms with van der Waals surface area (Å²) in [5, 5.41) is 9.38. The van der Waals surface area contributed by atoms with Gasteiger partial charge in [-0.25, -0.2) is 4.39 Å². The fourth-order valence-electron chi connectivity index (χ4n) is 3.97. The fraction of sp³-hybridized carbons (Fsp3) is 0.269. The van der Waals surface area contributed by atoms with Crippen LogP contribution in [-0.4, -0.2) is 48.8 Å². The van der Waals surface area contributed by atoms with Gasteiger partial charge in [-0.2, -0.15) is 0 Å². The Morgan fingerprint density at radius 2 is 1.91 bits per heavy atom. The van der Waals surface area contributed by atoms with Crippen LogP contribution in [0.5, 0.6) is 11.5 Å². The highest BCUT2D eigenvalue weighted by molar-refractivity contribution is 7.99. The number of nitrogens with zero attached hydrogens (tertiary/aromatic N) is 1. The summed E-state index contributed by atoms with van der Waals surface area (Å²) in [6.07, 6.45) is 1.56. The number of halogens is 1. The number of carboxylic acid groups (broad SMARTS) is 1. The van der Waals surface area contributed by atoms with E-state index in [4.69, 9.17) is 9.47 Å². The van der Waals surface area contributed by atoms with Gasteiger partial charge in [0.25, 0.3) is 0 Å². The lowest BCUT2D eigenvalue weighted by molar-refractivity contribution is -0.142. The van der Waals surface area contributed by atoms with Crippen LogP contribution in [0.4, 0.5) is 4.39 Å². The van der Waals surface area contributed by atoms with Crippen LogP contribution in [0.15, 0.2) is 76.5 Å². The van der Waals surface area contributed by atoms with Crippen LogP contribution in [0.2, 0.25) is 0 Å². The van der Waals surface area contributed by atoms with Gasteiger partial charge in [-0.3, -0.25) is 9.69 Å². The SMILES string of the molecule is COc1ccc(-c2ccc(OCCN3CCC[C@H]3C(=O)O)c(Sc3cccc(F)c3)c2)cc1. The van der Waals surface area contributed by atoms with Crippen LogP contribution in [0.25, 0.3) is 11.1 Å². The quantitative estimate of drug-likeness (QED) is 0.443. The van der Waals surface area contributed by atoms with Crippen molar-refractivity contribution in [3.05, 3.63) is 72.5 Å². The molecule has 1 aliphatic heterocycles. The van der Waals surface area contributed by atoms with Gasteiger partial charge in [0, 0.05) is 11.4 Å². The largest absolute Gasteiger partial charge is 0.497 e. The van der Waals surface area contributed by atoms with Crippen molar-refractivity contribution >= 4 is 17.7 Å². The third kappa shape index (κ3) is 5.86. The van der Waals surface area contributed by atoms with Crippen LogP contribution >= 0.6 is 11.8 Å². The first-order chi connectivity index (χ1) is 16.0. The Morgan fingerprint density at radius 3 is 2.64 bits per heavy atom. The van der Waals surface area contributed by atoms with Gasteiger partial charge >= 0.3 is 5.97 Å². The van der Waals surface area contributed by atoms with E-state index in [0.717, 1.165) is 39.6 Å². The minimum atomic E-state index is -0.779. The first-order valence-corrected chi connectivity index (χ1v) is 11.7. The van der Waals surface area contributed by atoms with Crippen molar-refractivity contribution in [3.63, 3.8) is 0 Å². The molecule has 0 spiro atoms. The average Bonchev–Trinajstić information content (AvgIpc) is 3.29. The molecule has 33 heavy (non-hydrogen) atoms. The molecule has 1 N–H and O–H groups in total. The molecule has 1 aliphatic rings. The van der Waals surface area contributed by atoms with Crippen molar-refractivity contribution in [2.45, 2.75) is 28.7 Å². The number of aliphatic carboxylic acids is 1. The highest BCUT2D eigenvalue weighted by Crippen LogP contribution is 2.38. The molecule has 3 aromatic rings. The van der Waals surface area contributed by atoms with Gasteiger partial charge in [0.2, 0.25) is 0 Å². The predicted octanol–water partition coefficient (Wildman–Crippen LogP) is 5.58. The number of methoxy groups -OCH3 is 1. The highest BCUT2D eigenvalue weighted by Gasteiger charge is 2.30. The maximum Gasteiger partial charge on any atom is 0.320 e. The van der Waals surface area contributed by atoms with Crippen molar-refractivity contribution in [3.8, 4) is 22.6 Å². The van der Waals surface area contributed by atoms with Gasteiger partial charge in [-0.05, 0) is 73.0 Å². The van der Waals surface area contributed by atoms with Gasteiger partial charge < -0.3 is 14.6 Å². The molecule has 1 heterocycles. The van der Waals surface area contributed by atoms with E-state index in [1.165, 1.54) is 23.9 Å². The lowest BCUT2D eigenvalue weighted by Crippen LogP contribution is -2.38. The molecule has 0 unspecified atom stereocenters. The first kappa shape index (κ1) is 23.1. The number of ether oxygens (including phenoxy) is 2. The second-order valence-electron chi connectivity index (χ2n) is 7.83. The van der Waals surface area contributed by atoms with Gasteiger partial charge in [-0.15, -0.1) is 0 Å². The zero-order valence-corrected chi connectivity index (χ0v) is 19.2. The normalized spacial score (nSPS) is 16.0. The van der Waals surface area contributed by atoms with Crippen LogP contribution in [-0.2, 0) is 4.79 Å². The summed E-state index contributed by atoms with van der Waals surface area (Å²) in [6.45, 7) is 1.69. The summed E-state index contributed by atoms with van der Waals surface area (Å²) in [6, 6.07) is 19.8. The predicted molar refractivity (Wildman–Crippen MR) is 127 cm³/mol. The lowest BCUT2D eigenvalue weighted by Gasteiger charge is -2.21. The Hall–Kier alpha value is -3.03. The van der Waals surface area contributed by atoms with E-state index < -0.39 is 12.0 Å². The zero-order chi connectivity index (χ0) is 23.2. The molecule has 1 fully saturated rings. The summed E-state index contributed by atoms with van der Waals surface area (Å²) < 4.78 is 25.1. The summed E-state index contributed by atoms with van der Waals surface area (Å²) in [4.78, 5) is 15.0. The van der Waals surface area contributed by atoms with Crippen molar-refractivity contribution in [2.24, 2.45) is 0 Å². The summed E-state index contributed by atoms with van der Waals surface area (Å²) in [5.41, 5.74) is 2.04. The Balaban J connectivity index is 1.54. The molecule has 172 valence electrons. The number of benzene rings is 3. The van der Waals surface area contributed by atoms with Crippen LogP contribution < -0.4 is 9.47 Å². The molecule has 7 heteroatoms. The van der Waals surface area contributed by atoms with E-state index in [2.05, 4.69) is 0 Å². The number of likely N-dealkylation sites (tertiary alicyclic amines) is 1. The third-order valence-corrected chi connectivity index (χ3v) is 6.70. The van der Waals surface area contributed by atoms with Crippen LogP contribution in [0.3, 0.4) is 0 Å². The Kier molecular flexibility index (Phi) is 7.52. The van der Waals surface area contributed by atoms with Gasteiger partial charge in [0.1, 0.15) is 30.0 Å². The standard InChI is InChI=1S/C26H26FNO4S/c1-31-21-10-7-18(8-11-21)19-9-12-24(25(16-19)33-22-5-2-4-20(27)17-22)32-15-14-28-13-3-6-23(28)26(29)30/h2,4-5,7-12,16-17,23H,3,6,13-15H2,1H3,(H,29,30)/t23-/m0/s1. The first-order valence-electron chi connectivity index (χ1n) is 10.8. The molecule has 0 amide bonds. The molecule has 0 aromatic heterocycles. The number of hydrogen-bond acceptors (Lipinski definition) is 5. The highest BCUT2D eigenvalue weighted by atomic mass is 32.2. The van der Waals surface area contributed by atoms with E-state index in [1.807, 2.05) is 53.4 Å². The second-order valence-corrected chi connectivity index (χ2v) is 8.95. The molecule has 0 saturated carbocycles. The molecule has 3 aromatic carbocycles. The molecule has 0 radical (unpaired) electrons. The maximum atomic E-state index is 13.8. The summed E-state index contributed by atoms with van der Waals surface area (Å²) in [7, 11) is 1.63. The topological polar surface area (TPSA) is 59.0 Å². The van der Waals surface area contributed by atoms with Crippen LogP contribution in [0, 0.1) is 5.82 Å². The lowest BCUT2D eigenvalue weighted by atomic mass is 10.1.